The van der Waals surface area contributed by atoms with E-state index in [1.165, 1.54) is 12.7 Å². The zero-order valence-corrected chi connectivity index (χ0v) is 16.3. The SMILES string of the molecule is COC(=O)c1ccccc1NC(=O)c1nnn(-c2ccc(C(C)C)cc2)c1C. The third-order valence-electron chi connectivity index (χ3n) is 4.49. The molecule has 0 aliphatic heterocycles. The van der Waals surface area contributed by atoms with E-state index in [2.05, 4.69) is 29.5 Å². The van der Waals surface area contributed by atoms with Crippen LogP contribution >= 0.6 is 0 Å². The van der Waals surface area contributed by atoms with E-state index >= 15 is 0 Å². The minimum atomic E-state index is -0.526. The third kappa shape index (κ3) is 3.78. The summed E-state index contributed by atoms with van der Waals surface area (Å²) in [7, 11) is 1.29. The zero-order valence-electron chi connectivity index (χ0n) is 16.3. The van der Waals surface area contributed by atoms with Crippen molar-refractivity contribution in [1.82, 2.24) is 15.0 Å². The highest BCUT2D eigenvalue weighted by Gasteiger charge is 2.20. The number of hydrogen-bond donors (Lipinski definition) is 1. The minimum Gasteiger partial charge on any atom is -0.465 e. The number of esters is 1. The highest BCUT2D eigenvalue weighted by atomic mass is 16.5. The molecule has 144 valence electrons. The molecule has 0 bridgehead atoms. The van der Waals surface area contributed by atoms with Gasteiger partial charge >= 0.3 is 5.97 Å². The fraction of sp³-hybridized carbons (Fsp3) is 0.238. The Bertz CT molecular complexity index is 1010. The molecule has 1 aromatic heterocycles. The number of hydrogen-bond acceptors (Lipinski definition) is 5. The molecule has 7 heteroatoms. The number of anilines is 1. The lowest BCUT2D eigenvalue weighted by atomic mass is 10.0. The number of nitrogens with one attached hydrogen (secondary N) is 1. The van der Waals surface area contributed by atoms with Crippen LogP contribution in [0.3, 0.4) is 0 Å². The third-order valence-corrected chi connectivity index (χ3v) is 4.49. The number of amides is 1. The highest BCUT2D eigenvalue weighted by molar-refractivity contribution is 6.07. The van der Waals surface area contributed by atoms with Gasteiger partial charge in [0.15, 0.2) is 5.69 Å². The highest BCUT2D eigenvalue weighted by Crippen LogP contribution is 2.20. The molecule has 3 rings (SSSR count). The van der Waals surface area contributed by atoms with E-state index in [1.54, 1.807) is 35.9 Å². The Morgan fingerprint density at radius 3 is 2.39 bits per heavy atom. The lowest BCUT2D eigenvalue weighted by molar-refractivity contribution is 0.0602. The lowest BCUT2D eigenvalue weighted by Gasteiger charge is -2.09. The Morgan fingerprint density at radius 1 is 1.07 bits per heavy atom. The quantitative estimate of drug-likeness (QED) is 0.684. The van der Waals surface area contributed by atoms with E-state index in [0.29, 0.717) is 17.3 Å². The molecule has 0 fully saturated rings. The smallest absolute Gasteiger partial charge is 0.339 e. The predicted molar refractivity (Wildman–Crippen MR) is 106 cm³/mol. The molecule has 0 aliphatic carbocycles. The first kappa shape index (κ1) is 19.3. The Balaban J connectivity index is 1.86. The average Bonchev–Trinajstić information content (AvgIpc) is 3.09. The molecular formula is C21H22N4O3. The zero-order chi connectivity index (χ0) is 20.3. The Morgan fingerprint density at radius 2 is 1.75 bits per heavy atom. The molecule has 0 unspecified atom stereocenters. The van der Waals surface area contributed by atoms with Crippen LogP contribution in [0.25, 0.3) is 5.69 Å². The van der Waals surface area contributed by atoms with Crippen molar-refractivity contribution < 1.29 is 14.3 Å². The molecule has 0 aliphatic rings. The van der Waals surface area contributed by atoms with Gasteiger partial charge in [-0.2, -0.15) is 0 Å². The van der Waals surface area contributed by atoms with Gasteiger partial charge in [-0.05, 0) is 42.7 Å². The molecule has 0 spiro atoms. The van der Waals surface area contributed by atoms with Crippen molar-refractivity contribution in [2.75, 3.05) is 12.4 Å². The number of methoxy groups -OCH3 is 1. The van der Waals surface area contributed by atoms with Gasteiger partial charge in [0.05, 0.1) is 29.7 Å². The van der Waals surface area contributed by atoms with Crippen molar-refractivity contribution in [1.29, 1.82) is 0 Å². The Kier molecular flexibility index (Phi) is 5.54. The molecule has 0 saturated heterocycles. The van der Waals surface area contributed by atoms with Crippen molar-refractivity contribution in [2.24, 2.45) is 0 Å². The number of benzene rings is 2. The van der Waals surface area contributed by atoms with Crippen molar-refractivity contribution in [3.63, 3.8) is 0 Å². The summed E-state index contributed by atoms with van der Waals surface area (Å²) in [6, 6.07) is 14.6. The van der Waals surface area contributed by atoms with Gasteiger partial charge < -0.3 is 10.1 Å². The van der Waals surface area contributed by atoms with Crippen molar-refractivity contribution in [3.05, 3.63) is 71.0 Å². The summed E-state index contributed by atoms with van der Waals surface area (Å²) in [6.45, 7) is 6.03. The number of carbonyl (C=O) groups is 2. The number of nitrogens with zero attached hydrogens (tertiary/aromatic N) is 3. The first-order valence-corrected chi connectivity index (χ1v) is 8.93. The van der Waals surface area contributed by atoms with Crippen LogP contribution < -0.4 is 5.32 Å². The van der Waals surface area contributed by atoms with Gasteiger partial charge in [0.2, 0.25) is 0 Å². The normalized spacial score (nSPS) is 10.8. The van der Waals surface area contributed by atoms with Crippen molar-refractivity contribution >= 4 is 17.6 Å². The lowest BCUT2D eigenvalue weighted by Crippen LogP contribution is -2.17. The maximum Gasteiger partial charge on any atom is 0.339 e. The molecular weight excluding hydrogens is 356 g/mol. The molecule has 7 nitrogen and oxygen atoms in total. The summed E-state index contributed by atoms with van der Waals surface area (Å²) < 4.78 is 6.37. The molecule has 2 aromatic carbocycles. The maximum absolute atomic E-state index is 12.7. The van der Waals surface area contributed by atoms with Crippen LogP contribution in [0.15, 0.2) is 48.5 Å². The van der Waals surface area contributed by atoms with Gasteiger partial charge in [-0.25, -0.2) is 9.48 Å². The first-order chi connectivity index (χ1) is 13.4. The second-order valence-corrected chi connectivity index (χ2v) is 6.67. The number of ether oxygens (including phenoxy) is 1. The van der Waals surface area contributed by atoms with E-state index in [-0.39, 0.29) is 11.3 Å². The summed E-state index contributed by atoms with van der Waals surface area (Å²) >= 11 is 0. The number of rotatable bonds is 5. The van der Waals surface area contributed by atoms with Crippen LogP contribution in [-0.2, 0) is 4.74 Å². The fourth-order valence-electron chi connectivity index (χ4n) is 2.85. The van der Waals surface area contributed by atoms with E-state index in [4.69, 9.17) is 4.74 Å². The molecule has 3 aromatic rings. The number of carbonyl (C=O) groups excluding carboxylic acids is 2. The summed E-state index contributed by atoms with van der Waals surface area (Å²) in [5.74, 6) is -0.539. The fourth-order valence-corrected chi connectivity index (χ4v) is 2.85. The standard InChI is InChI=1S/C21H22N4O3/c1-13(2)15-9-11-16(12-10-15)25-14(3)19(23-24-25)20(26)22-18-8-6-5-7-17(18)21(27)28-4/h5-13H,1-4H3,(H,22,26). The summed E-state index contributed by atoms with van der Waals surface area (Å²) in [5.41, 5.74) is 3.46. The van der Waals surface area contributed by atoms with Crippen molar-refractivity contribution in [2.45, 2.75) is 26.7 Å². The second-order valence-electron chi connectivity index (χ2n) is 6.67. The summed E-state index contributed by atoms with van der Waals surface area (Å²) in [4.78, 5) is 24.6. The predicted octanol–water partition coefficient (Wildman–Crippen LogP) is 3.74. The molecule has 1 heterocycles. The van der Waals surface area contributed by atoms with Gasteiger partial charge in [-0.3, -0.25) is 4.79 Å². The van der Waals surface area contributed by atoms with E-state index < -0.39 is 11.9 Å². The monoisotopic (exact) mass is 378 g/mol. The second kappa shape index (κ2) is 8.04. The maximum atomic E-state index is 12.7. The molecule has 0 radical (unpaired) electrons. The van der Waals surface area contributed by atoms with E-state index in [1.807, 2.05) is 24.3 Å². The molecule has 1 N–H and O–H groups in total. The van der Waals surface area contributed by atoms with Crippen LogP contribution in [-0.4, -0.2) is 34.0 Å². The van der Waals surface area contributed by atoms with Gasteiger partial charge in [0, 0.05) is 0 Å². The number of aromatic nitrogens is 3. The first-order valence-electron chi connectivity index (χ1n) is 8.93. The number of para-hydroxylation sites is 1. The van der Waals surface area contributed by atoms with Crippen molar-refractivity contribution in [3.8, 4) is 5.69 Å². The van der Waals surface area contributed by atoms with Gasteiger partial charge in [-0.15, -0.1) is 5.10 Å². The molecule has 28 heavy (non-hydrogen) atoms. The van der Waals surface area contributed by atoms with Crippen LogP contribution in [0.2, 0.25) is 0 Å². The van der Waals surface area contributed by atoms with Gasteiger partial charge in [0.25, 0.3) is 5.91 Å². The van der Waals surface area contributed by atoms with Crippen LogP contribution in [0, 0.1) is 6.92 Å². The van der Waals surface area contributed by atoms with E-state index in [9.17, 15) is 9.59 Å². The molecule has 0 saturated carbocycles. The Labute approximate surface area is 163 Å². The topological polar surface area (TPSA) is 86.1 Å². The average molecular weight is 378 g/mol. The van der Waals surface area contributed by atoms with Crippen LogP contribution in [0.4, 0.5) is 5.69 Å². The van der Waals surface area contributed by atoms with Gasteiger partial charge in [0.1, 0.15) is 0 Å². The molecule has 0 atom stereocenters. The summed E-state index contributed by atoms with van der Waals surface area (Å²) in [6.07, 6.45) is 0. The largest absolute Gasteiger partial charge is 0.465 e. The van der Waals surface area contributed by atoms with Crippen LogP contribution in [0.5, 0.6) is 0 Å². The minimum absolute atomic E-state index is 0.188. The van der Waals surface area contributed by atoms with E-state index in [0.717, 1.165) is 5.69 Å². The molecule has 1 amide bonds. The van der Waals surface area contributed by atoms with Crippen LogP contribution in [0.1, 0.15) is 51.9 Å². The van der Waals surface area contributed by atoms with Gasteiger partial charge in [-0.1, -0.05) is 43.3 Å². The Hall–Kier alpha value is -3.48. The summed E-state index contributed by atoms with van der Waals surface area (Å²) in [5, 5.41) is 10.9.